The predicted molar refractivity (Wildman–Crippen MR) is 112 cm³/mol. The minimum absolute atomic E-state index is 0.132. The van der Waals surface area contributed by atoms with Crippen molar-refractivity contribution < 1.29 is 22.4 Å². The highest BCUT2D eigenvalue weighted by Gasteiger charge is 2.31. The molecule has 0 atom stereocenters. The minimum atomic E-state index is -4.54. The number of anilines is 2. The summed E-state index contributed by atoms with van der Waals surface area (Å²) in [5.74, 6) is -1.21. The van der Waals surface area contributed by atoms with Crippen LogP contribution in [-0.4, -0.2) is 43.0 Å². The number of carbonyl (C=O) groups excluding carboxylic acids is 1. The fourth-order valence-corrected chi connectivity index (χ4v) is 4.46. The Hall–Kier alpha value is -2.61. The summed E-state index contributed by atoms with van der Waals surface area (Å²) in [4.78, 5) is 17.1. The predicted octanol–water partition coefficient (Wildman–Crippen LogP) is 5.16. The standard InChI is InChI=1S/C23H25F4N3O/c24-18-13-19(28-22(31)16-4-3-5-17(12-16)23(25,26)27)15-21(14-18)30-10-6-20(7-11-30)29-8-1-2-9-29/h3-5,12-15,20H,1-2,6-11H2,(H,28,31). The van der Waals surface area contributed by atoms with Gasteiger partial charge in [0.15, 0.2) is 0 Å². The first-order chi connectivity index (χ1) is 14.8. The fraction of sp³-hybridized carbons (Fsp3) is 0.435. The van der Waals surface area contributed by atoms with Crippen LogP contribution in [-0.2, 0) is 6.18 Å². The van der Waals surface area contributed by atoms with Crippen LogP contribution in [0.15, 0.2) is 42.5 Å². The fourth-order valence-electron chi connectivity index (χ4n) is 4.46. The van der Waals surface area contributed by atoms with Crippen LogP contribution in [0.1, 0.15) is 41.6 Å². The molecule has 2 aromatic rings. The van der Waals surface area contributed by atoms with Gasteiger partial charge in [-0.1, -0.05) is 6.07 Å². The Bertz CT molecular complexity index is 933. The molecule has 0 radical (unpaired) electrons. The Kier molecular flexibility index (Phi) is 6.18. The zero-order valence-corrected chi connectivity index (χ0v) is 17.1. The van der Waals surface area contributed by atoms with Gasteiger partial charge in [-0.25, -0.2) is 4.39 Å². The van der Waals surface area contributed by atoms with Gasteiger partial charge in [-0.05, 0) is 75.2 Å². The third-order valence-electron chi connectivity index (χ3n) is 6.08. The number of halogens is 4. The Morgan fingerprint density at radius 1 is 0.968 bits per heavy atom. The van der Waals surface area contributed by atoms with E-state index in [-0.39, 0.29) is 11.3 Å². The zero-order valence-electron chi connectivity index (χ0n) is 17.1. The van der Waals surface area contributed by atoms with Gasteiger partial charge in [-0.3, -0.25) is 4.79 Å². The molecule has 2 aliphatic rings. The smallest absolute Gasteiger partial charge is 0.371 e. The van der Waals surface area contributed by atoms with Crippen LogP contribution in [0.2, 0.25) is 0 Å². The molecule has 2 fully saturated rings. The molecule has 0 aliphatic carbocycles. The van der Waals surface area contributed by atoms with Crippen LogP contribution in [0.4, 0.5) is 28.9 Å². The third-order valence-corrected chi connectivity index (χ3v) is 6.08. The van der Waals surface area contributed by atoms with E-state index in [2.05, 4.69) is 15.1 Å². The van der Waals surface area contributed by atoms with Crippen molar-refractivity contribution in [3.05, 3.63) is 59.4 Å². The van der Waals surface area contributed by atoms with Crippen molar-refractivity contribution >= 4 is 17.3 Å². The number of alkyl halides is 3. The molecule has 31 heavy (non-hydrogen) atoms. The van der Waals surface area contributed by atoms with Crippen LogP contribution in [0.5, 0.6) is 0 Å². The zero-order chi connectivity index (χ0) is 22.0. The number of rotatable bonds is 4. The van der Waals surface area contributed by atoms with Crippen LogP contribution in [0, 0.1) is 5.82 Å². The first kappa shape index (κ1) is 21.6. The summed E-state index contributed by atoms with van der Waals surface area (Å²) in [6.07, 6.45) is -0.0352. The lowest BCUT2D eigenvalue weighted by Gasteiger charge is -2.38. The first-order valence-electron chi connectivity index (χ1n) is 10.6. The number of amides is 1. The molecule has 0 aromatic heterocycles. The molecule has 1 N–H and O–H groups in total. The van der Waals surface area contributed by atoms with E-state index in [4.69, 9.17) is 0 Å². The second kappa shape index (κ2) is 8.86. The molecule has 166 valence electrons. The molecule has 0 bridgehead atoms. The Labute approximate surface area is 178 Å². The van der Waals surface area contributed by atoms with Crippen molar-refractivity contribution in [1.82, 2.24) is 4.90 Å². The second-order valence-electron chi connectivity index (χ2n) is 8.19. The molecule has 0 spiro atoms. The van der Waals surface area contributed by atoms with E-state index >= 15 is 0 Å². The highest BCUT2D eigenvalue weighted by molar-refractivity contribution is 6.04. The lowest BCUT2D eigenvalue weighted by atomic mass is 10.0. The van der Waals surface area contributed by atoms with Crippen molar-refractivity contribution in [2.24, 2.45) is 0 Å². The molecular weight excluding hydrogens is 410 g/mol. The maximum absolute atomic E-state index is 14.2. The van der Waals surface area contributed by atoms with Crippen molar-refractivity contribution in [2.75, 3.05) is 36.4 Å². The van der Waals surface area contributed by atoms with Crippen molar-refractivity contribution in [3.63, 3.8) is 0 Å². The van der Waals surface area contributed by atoms with E-state index in [1.165, 1.54) is 37.1 Å². The summed E-state index contributed by atoms with van der Waals surface area (Å²) in [6.45, 7) is 3.89. The van der Waals surface area contributed by atoms with E-state index in [9.17, 15) is 22.4 Å². The van der Waals surface area contributed by atoms with E-state index in [1.54, 1.807) is 6.07 Å². The van der Waals surface area contributed by atoms with E-state index in [0.29, 0.717) is 11.7 Å². The largest absolute Gasteiger partial charge is 0.416 e. The average Bonchev–Trinajstić information content (AvgIpc) is 3.28. The van der Waals surface area contributed by atoms with Gasteiger partial charge in [0.25, 0.3) is 5.91 Å². The number of carbonyl (C=O) groups is 1. The number of likely N-dealkylation sites (tertiary alicyclic amines) is 1. The number of nitrogens with one attached hydrogen (secondary N) is 1. The summed E-state index contributed by atoms with van der Waals surface area (Å²) in [7, 11) is 0. The molecule has 1 amide bonds. The summed E-state index contributed by atoms with van der Waals surface area (Å²) in [5.41, 5.74) is -0.147. The van der Waals surface area contributed by atoms with E-state index in [1.807, 2.05) is 0 Å². The highest BCUT2D eigenvalue weighted by atomic mass is 19.4. The quantitative estimate of drug-likeness (QED) is 0.674. The number of hydrogen-bond donors (Lipinski definition) is 1. The summed E-state index contributed by atoms with van der Waals surface area (Å²) >= 11 is 0. The average molecular weight is 435 g/mol. The molecule has 4 rings (SSSR count). The number of piperidine rings is 1. The Morgan fingerprint density at radius 3 is 2.35 bits per heavy atom. The molecule has 2 aliphatic heterocycles. The topological polar surface area (TPSA) is 35.6 Å². The molecular formula is C23H25F4N3O. The van der Waals surface area contributed by atoms with Crippen molar-refractivity contribution in [2.45, 2.75) is 37.9 Å². The molecule has 0 saturated carbocycles. The van der Waals surface area contributed by atoms with Gasteiger partial charge in [0, 0.05) is 36.1 Å². The first-order valence-corrected chi connectivity index (χ1v) is 10.6. The maximum Gasteiger partial charge on any atom is 0.416 e. The summed E-state index contributed by atoms with van der Waals surface area (Å²) in [5, 5.41) is 2.53. The van der Waals surface area contributed by atoms with Crippen LogP contribution in [0.3, 0.4) is 0 Å². The van der Waals surface area contributed by atoms with Gasteiger partial charge < -0.3 is 15.1 Å². The van der Waals surface area contributed by atoms with Gasteiger partial charge in [0.05, 0.1) is 5.56 Å². The van der Waals surface area contributed by atoms with E-state index < -0.39 is 23.5 Å². The summed E-state index contributed by atoms with van der Waals surface area (Å²) in [6, 6.07) is 9.01. The van der Waals surface area contributed by atoms with Crippen LogP contribution in [0.25, 0.3) is 0 Å². The maximum atomic E-state index is 14.2. The summed E-state index contributed by atoms with van der Waals surface area (Å²) < 4.78 is 53.0. The highest BCUT2D eigenvalue weighted by Crippen LogP contribution is 2.30. The van der Waals surface area contributed by atoms with E-state index in [0.717, 1.165) is 51.2 Å². The van der Waals surface area contributed by atoms with Gasteiger partial charge >= 0.3 is 6.18 Å². The lowest BCUT2D eigenvalue weighted by Crippen LogP contribution is -2.43. The number of benzene rings is 2. The van der Waals surface area contributed by atoms with Crippen molar-refractivity contribution in [1.29, 1.82) is 0 Å². The minimum Gasteiger partial charge on any atom is -0.371 e. The van der Waals surface area contributed by atoms with Gasteiger partial charge in [-0.2, -0.15) is 13.2 Å². The normalized spacial score (nSPS) is 18.4. The molecule has 2 saturated heterocycles. The Balaban J connectivity index is 1.44. The third kappa shape index (κ3) is 5.18. The van der Waals surface area contributed by atoms with Gasteiger partial charge in [-0.15, -0.1) is 0 Å². The lowest BCUT2D eigenvalue weighted by molar-refractivity contribution is -0.137. The molecule has 4 nitrogen and oxygen atoms in total. The second-order valence-corrected chi connectivity index (χ2v) is 8.19. The van der Waals surface area contributed by atoms with Gasteiger partial charge in [0.2, 0.25) is 0 Å². The monoisotopic (exact) mass is 435 g/mol. The Morgan fingerprint density at radius 2 is 1.68 bits per heavy atom. The van der Waals surface area contributed by atoms with Crippen molar-refractivity contribution in [3.8, 4) is 0 Å². The molecule has 2 heterocycles. The number of nitrogens with zero attached hydrogens (tertiary/aromatic N) is 2. The van der Waals surface area contributed by atoms with Gasteiger partial charge in [0.1, 0.15) is 5.82 Å². The SMILES string of the molecule is O=C(Nc1cc(F)cc(N2CCC(N3CCCC3)CC2)c1)c1cccc(C(F)(F)F)c1. The molecule has 0 unspecified atom stereocenters. The van der Waals surface area contributed by atoms with Crippen LogP contribution >= 0.6 is 0 Å². The molecule has 2 aromatic carbocycles. The van der Waals surface area contributed by atoms with Crippen LogP contribution < -0.4 is 10.2 Å². The number of hydrogen-bond acceptors (Lipinski definition) is 3. The molecule has 8 heteroatoms.